The summed E-state index contributed by atoms with van der Waals surface area (Å²) in [5.41, 5.74) is 0.0525. The quantitative estimate of drug-likeness (QED) is 0.790. The highest BCUT2D eigenvalue weighted by Crippen LogP contribution is 2.41. The molecule has 3 nitrogen and oxygen atoms in total. The zero-order valence-electron chi connectivity index (χ0n) is 10.7. The molecule has 0 amide bonds. The first-order valence-corrected chi connectivity index (χ1v) is 7.52. The molecule has 0 aromatic rings. The van der Waals surface area contributed by atoms with Crippen LogP contribution in [0.25, 0.3) is 0 Å². The van der Waals surface area contributed by atoms with Crippen molar-refractivity contribution in [2.24, 2.45) is 5.92 Å². The molecule has 17 heavy (non-hydrogen) atoms. The van der Waals surface area contributed by atoms with Crippen molar-refractivity contribution in [2.75, 3.05) is 19.6 Å². The maximum absolute atomic E-state index is 6.45. The van der Waals surface area contributed by atoms with Gasteiger partial charge in [-0.25, -0.2) is 0 Å². The number of ether oxygens (including phenoxy) is 1. The third-order valence-electron chi connectivity index (χ3n) is 5.07. The Bertz CT molecular complexity index is 291. The minimum absolute atomic E-state index is 0.0525. The van der Waals surface area contributed by atoms with E-state index in [2.05, 4.69) is 10.2 Å². The Hall–Kier alpha value is -0.120. The second kappa shape index (κ2) is 3.94. The van der Waals surface area contributed by atoms with Crippen LogP contribution in [0.1, 0.15) is 44.9 Å². The molecule has 2 saturated heterocycles. The lowest BCUT2D eigenvalue weighted by Crippen LogP contribution is -2.60. The van der Waals surface area contributed by atoms with Crippen LogP contribution in [0.2, 0.25) is 0 Å². The first-order chi connectivity index (χ1) is 8.35. The number of likely N-dealkylation sites (tertiary alicyclic amines) is 1. The van der Waals surface area contributed by atoms with Gasteiger partial charge in [0, 0.05) is 38.5 Å². The summed E-state index contributed by atoms with van der Waals surface area (Å²) in [5, 5.41) is 3.68. The molecule has 2 aliphatic carbocycles. The van der Waals surface area contributed by atoms with Crippen molar-refractivity contribution in [1.29, 1.82) is 0 Å². The SMILES string of the molecule is C1CC(C2CC2)OC2(CCN(C3CC3)CC2)N1. The van der Waals surface area contributed by atoms with Gasteiger partial charge in [0.25, 0.3) is 0 Å². The Morgan fingerprint density at radius 1 is 1.00 bits per heavy atom. The van der Waals surface area contributed by atoms with Crippen LogP contribution < -0.4 is 5.32 Å². The third kappa shape index (κ3) is 2.13. The van der Waals surface area contributed by atoms with Crippen LogP contribution in [-0.4, -0.2) is 42.4 Å². The smallest absolute Gasteiger partial charge is 0.122 e. The minimum Gasteiger partial charge on any atom is -0.357 e. The van der Waals surface area contributed by atoms with Crippen molar-refractivity contribution >= 4 is 0 Å². The molecule has 3 heteroatoms. The number of nitrogens with one attached hydrogen (secondary N) is 1. The zero-order chi connectivity index (χ0) is 11.3. The monoisotopic (exact) mass is 236 g/mol. The van der Waals surface area contributed by atoms with Gasteiger partial charge in [-0.05, 0) is 38.0 Å². The van der Waals surface area contributed by atoms with E-state index in [4.69, 9.17) is 4.74 Å². The second-order valence-corrected chi connectivity index (χ2v) is 6.47. The molecule has 1 spiro atoms. The predicted octanol–water partition coefficient (Wildman–Crippen LogP) is 1.73. The summed E-state index contributed by atoms with van der Waals surface area (Å²) in [5.74, 6) is 0.899. The van der Waals surface area contributed by atoms with E-state index in [0.717, 1.165) is 12.0 Å². The summed E-state index contributed by atoms with van der Waals surface area (Å²) >= 11 is 0. The van der Waals surface area contributed by atoms with Gasteiger partial charge in [-0.2, -0.15) is 0 Å². The fraction of sp³-hybridized carbons (Fsp3) is 1.00. The van der Waals surface area contributed by atoms with Crippen molar-refractivity contribution in [3.05, 3.63) is 0 Å². The molecule has 4 aliphatic rings. The van der Waals surface area contributed by atoms with Crippen molar-refractivity contribution in [2.45, 2.75) is 62.8 Å². The van der Waals surface area contributed by atoms with E-state index in [1.807, 2.05) is 0 Å². The van der Waals surface area contributed by atoms with Gasteiger partial charge in [0.05, 0.1) is 6.10 Å². The Labute approximate surface area is 104 Å². The van der Waals surface area contributed by atoms with Crippen molar-refractivity contribution in [1.82, 2.24) is 10.2 Å². The molecule has 4 rings (SSSR count). The van der Waals surface area contributed by atoms with E-state index in [-0.39, 0.29) is 5.72 Å². The van der Waals surface area contributed by atoms with E-state index in [1.54, 1.807) is 0 Å². The molecule has 2 heterocycles. The van der Waals surface area contributed by atoms with Crippen molar-refractivity contribution in [3.8, 4) is 0 Å². The summed E-state index contributed by atoms with van der Waals surface area (Å²) in [6.45, 7) is 3.66. The highest BCUT2D eigenvalue weighted by Gasteiger charge is 2.45. The van der Waals surface area contributed by atoms with E-state index in [1.165, 1.54) is 64.6 Å². The number of hydrogen-bond donors (Lipinski definition) is 1. The topological polar surface area (TPSA) is 24.5 Å². The molecule has 0 radical (unpaired) electrons. The number of piperidine rings is 1. The molecule has 4 fully saturated rings. The minimum atomic E-state index is 0.0525. The number of nitrogens with zero attached hydrogens (tertiary/aromatic N) is 1. The fourth-order valence-corrected chi connectivity index (χ4v) is 3.62. The van der Waals surface area contributed by atoms with Crippen LogP contribution in [0.5, 0.6) is 0 Å². The molecular formula is C14H24N2O. The Balaban J connectivity index is 1.38. The first kappa shape index (κ1) is 10.8. The molecule has 0 bridgehead atoms. The molecule has 1 unspecified atom stereocenters. The highest BCUT2D eigenvalue weighted by molar-refractivity contribution is 4.96. The maximum Gasteiger partial charge on any atom is 0.122 e. The van der Waals surface area contributed by atoms with Gasteiger partial charge in [0.2, 0.25) is 0 Å². The highest BCUT2D eigenvalue weighted by atomic mass is 16.5. The van der Waals surface area contributed by atoms with Crippen molar-refractivity contribution in [3.63, 3.8) is 0 Å². The van der Waals surface area contributed by atoms with Gasteiger partial charge in [-0.1, -0.05) is 0 Å². The normalized spacial score (nSPS) is 38.5. The van der Waals surface area contributed by atoms with Crippen molar-refractivity contribution < 1.29 is 4.74 Å². The fourth-order valence-electron chi connectivity index (χ4n) is 3.62. The molecule has 96 valence electrons. The van der Waals surface area contributed by atoms with Gasteiger partial charge in [-0.3, -0.25) is 5.32 Å². The maximum atomic E-state index is 6.45. The standard InChI is InChI=1S/C14H24N2O/c1-2-11(1)13-5-8-15-14(17-13)6-9-16(10-7-14)12-3-4-12/h11-13,15H,1-10H2. The number of hydrogen-bond acceptors (Lipinski definition) is 3. The molecular weight excluding hydrogens is 212 g/mol. The van der Waals surface area contributed by atoms with Gasteiger partial charge in [-0.15, -0.1) is 0 Å². The average Bonchev–Trinajstić information content (AvgIpc) is 3.22. The predicted molar refractivity (Wildman–Crippen MR) is 66.8 cm³/mol. The molecule has 2 saturated carbocycles. The molecule has 0 aromatic heterocycles. The van der Waals surface area contributed by atoms with Crippen LogP contribution in [0.4, 0.5) is 0 Å². The van der Waals surface area contributed by atoms with Gasteiger partial charge in [0.1, 0.15) is 5.72 Å². The third-order valence-corrected chi connectivity index (χ3v) is 5.07. The number of rotatable bonds is 2. The van der Waals surface area contributed by atoms with Gasteiger partial charge >= 0.3 is 0 Å². The van der Waals surface area contributed by atoms with Gasteiger partial charge < -0.3 is 9.64 Å². The van der Waals surface area contributed by atoms with Crippen LogP contribution in [0, 0.1) is 5.92 Å². The van der Waals surface area contributed by atoms with Crippen LogP contribution in [-0.2, 0) is 4.74 Å². The lowest BCUT2D eigenvalue weighted by atomic mass is 9.96. The summed E-state index contributed by atoms with van der Waals surface area (Å²) in [6.07, 6.45) is 9.91. The Morgan fingerprint density at radius 2 is 1.76 bits per heavy atom. The Morgan fingerprint density at radius 3 is 2.41 bits per heavy atom. The van der Waals surface area contributed by atoms with E-state index < -0.39 is 0 Å². The summed E-state index contributed by atoms with van der Waals surface area (Å²) in [6, 6.07) is 0.926. The van der Waals surface area contributed by atoms with E-state index >= 15 is 0 Å². The average molecular weight is 236 g/mol. The molecule has 1 N–H and O–H groups in total. The molecule has 0 aromatic carbocycles. The zero-order valence-corrected chi connectivity index (χ0v) is 10.7. The first-order valence-electron chi connectivity index (χ1n) is 7.52. The van der Waals surface area contributed by atoms with Crippen LogP contribution >= 0.6 is 0 Å². The summed E-state index contributed by atoms with van der Waals surface area (Å²) in [7, 11) is 0. The lowest BCUT2D eigenvalue weighted by molar-refractivity contribution is -0.173. The largest absolute Gasteiger partial charge is 0.357 e. The summed E-state index contributed by atoms with van der Waals surface area (Å²) < 4.78 is 6.45. The molecule has 1 atom stereocenters. The molecule has 2 aliphatic heterocycles. The van der Waals surface area contributed by atoms with Crippen LogP contribution in [0.15, 0.2) is 0 Å². The van der Waals surface area contributed by atoms with Crippen LogP contribution in [0.3, 0.4) is 0 Å². The Kier molecular flexibility index (Phi) is 2.50. The second-order valence-electron chi connectivity index (χ2n) is 6.47. The van der Waals surface area contributed by atoms with Gasteiger partial charge in [0.15, 0.2) is 0 Å². The van der Waals surface area contributed by atoms with E-state index in [0.29, 0.717) is 6.10 Å². The summed E-state index contributed by atoms with van der Waals surface area (Å²) in [4.78, 5) is 2.68. The van der Waals surface area contributed by atoms with E-state index in [9.17, 15) is 0 Å². The lowest BCUT2D eigenvalue weighted by Gasteiger charge is -2.47.